The summed E-state index contributed by atoms with van der Waals surface area (Å²) in [5.41, 5.74) is -0.219. The van der Waals surface area contributed by atoms with Gasteiger partial charge in [-0.1, -0.05) is 18.1 Å². The zero-order valence-electron chi connectivity index (χ0n) is 19.8. The maximum atomic E-state index is 13.2. The van der Waals surface area contributed by atoms with Crippen LogP contribution in [0.2, 0.25) is 0 Å². The smallest absolute Gasteiger partial charge is 0.408 e. The molecule has 0 fully saturated rings. The molecule has 2 atom stereocenters. The lowest BCUT2D eigenvalue weighted by Crippen LogP contribution is -2.53. The monoisotopic (exact) mass is 440 g/mol. The molecule has 2 unspecified atom stereocenters. The molecule has 0 aromatic heterocycles. The lowest BCUT2D eigenvalue weighted by atomic mass is 9.99. The van der Waals surface area contributed by atoms with Crippen molar-refractivity contribution in [1.82, 2.24) is 15.5 Å². The molecule has 0 saturated heterocycles. The summed E-state index contributed by atoms with van der Waals surface area (Å²) in [6, 6.07) is 6.40. The van der Waals surface area contributed by atoms with Crippen LogP contribution in [0.15, 0.2) is 24.3 Å². The predicted molar refractivity (Wildman–Crippen MR) is 121 cm³/mol. The van der Waals surface area contributed by atoms with Crippen LogP contribution in [0.5, 0.6) is 0 Å². The maximum absolute atomic E-state index is 13.2. The van der Waals surface area contributed by atoms with Crippen molar-refractivity contribution in [1.29, 1.82) is 5.26 Å². The summed E-state index contributed by atoms with van der Waals surface area (Å²) in [4.78, 5) is 39.7. The van der Waals surface area contributed by atoms with Crippen molar-refractivity contribution in [2.24, 2.45) is 0 Å². The number of terminal acetylenes is 1. The third kappa shape index (κ3) is 8.31. The molecule has 0 aliphatic heterocycles. The van der Waals surface area contributed by atoms with E-state index in [2.05, 4.69) is 16.6 Å². The van der Waals surface area contributed by atoms with E-state index in [1.165, 1.54) is 6.92 Å². The summed E-state index contributed by atoms with van der Waals surface area (Å²) in [5, 5.41) is 14.7. The van der Waals surface area contributed by atoms with Crippen molar-refractivity contribution in [3.05, 3.63) is 35.4 Å². The van der Waals surface area contributed by atoms with E-state index in [-0.39, 0.29) is 6.54 Å². The highest BCUT2D eigenvalue weighted by atomic mass is 16.6. The minimum absolute atomic E-state index is 0.363. The van der Waals surface area contributed by atoms with Crippen LogP contribution in [0.3, 0.4) is 0 Å². The van der Waals surface area contributed by atoms with Crippen molar-refractivity contribution in [3.63, 3.8) is 0 Å². The number of ether oxygens (including phenoxy) is 1. The van der Waals surface area contributed by atoms with Gasteiger partial charge in [0.25, 0.3) is 0 Å². The largest absolute Gasteiger partial charge is 0.444 e. The van der Waals surface area contributed by atoms with Gasteiger partial charge >= 0.3 is 6.09 Å². The predicted octanol–water partition coefficient (Wildman–Crippen LogP) is 2.89. The quantitative estimate of drug-likeness (QED) is 0.522. The molecule has 8 nitrogen and oxygen atoms in total. The highest BCUT2D eigenvalue weighted by Gasteiger charge is 2.35. The SMILES string of the molecule is C#Cc1ccc(C(C(=O)NC(C)(C)C)N(CC#N)C(=O)C(C)NC(=O)OC(C)(C)C)cc1. The molecule has 1 aromatic carbocycles. The first-order valence-electron chi connectivity index (χ1n) is 10.2. The number of nitrogens with zero attached hydrogens (tertiary/aromatic N) is 2. The third-order valence-corrected chi connectivity index (χ3v) is 4.08. The standard InChI is InChI=1S/C24H32N4O4/c1-9-17-10-12-18(13-11-17)19(20(29)27-23(3,4)5)28(15-14-25)21(30)16(2)26-22(31)32-24(6,7)8/h1,10-13,16,19H,15H2,2-8H3,(H,26,31)(H,27,29). The minimum Gasteiger partial charge on any atom is -0.444 e. The number of carbonyl (C=O) groups is 3. The first-order chi connectivity index (χ1) is 14.7. The van der Waals surface area contributed by atoms with Crippen LogP contribution >= 0.6 is 0 Å². The number of carbonyl (C=O) groups excluding carboxylic acids is 3. The van der Waals surface area contributed by atoms with Gasteiger partial charge < -0.3 is 20.3 Å². The molecule has 0 bridgehead atoms. The lowest BCUT2D eigenvalue weighted by molar-refractivity contribution is -0.142. The van der Waals surface area contributed by atoms with Gasteiger partial charge in [0, 0.05) is 11.1 Å². The molecule has 172 valence electrons. The highest BCUT2D eigenvalue weighted by Crippen LogP contribution is 2.24. The van der Waals surface area contributed by atoms with E-state index in [0.29, 0.717) is 11.1 Å². The number of amides is 3. The van der Waals surface area contributed by atoms with Gasteiger partial charge in [0.2, 0.25) is 11.8 Å². The number of nitrogens with one attached hydrogen (secondary N) is 2. The Morgan fingerprint density at radius 3 is 2.12 bits per heavy atom. The normalized spacial score (nSPS) is 13.0. The molecule has 32 heavy (non-hydrogen) atoms. The number of hydrogen-bond donors (Lipinski definition) is 2. The van der Waals surface area contributed by atoms with E-state index in [1.807, 2.05) is 26.8 Å². The van der Waals surface area contributed by atoms with Crippen molar-refractivity contribution < 1.29 is 19.1 Å². The Morgan fingerprint density at radius 2 is 1.69 bits per heavy atom. The van der Waals surface area contributed by atoms with E-state index in [1.54, 1.807) is 45.0 Å². The molecule has 1 rings (SSSR count). The molecule has 0 aliphatic rings. The molecule has 1 aromatic rings. The maximum Gasteiger partial charge on any atom is 0.408 e. The van der Waals surface area contributed by atoms with Crippen LogP contribution in [-0.2, 0) is 14.3 Å². The summed E-state index contributed by atoms with van der Waals surface area (Å²) in [6.07, 6.45) is 4.64. The number of alkyl carbamates (subject to hydrolysis) is 1. The Hall–Kier alpha value is -3.52. The van der Waals surface area contributed by atoms with Crippen LogP contribution in [0.25, 0.3) is 0 Å². The number of hydrogen-bond acceptors (Lipinski definition) is 5. The van der Waals surface area contributed by atoms with Gasteiger partial charge in [0.15, 0.2) is 0 Å². The van der Waals surface area contributed by atoms with Gasteiger partial charge in [-0.25, -0.2) is 4.79 Å². The Balaban J connectivity index is 3.31. The highest BCUT2D eigenvalue weighted by molar-refractivity contribution is 5.92. The second kappa shape index (κ2) is 10.7. The molecule has 3 amide bonds. The molecule has 8 heteroatoms. The molecule has 0 spiro atoms. The average molecular weight is 441 g/mol. The third-order valence-electron chi connectivity index (χ3n) is 4.08. The van der Waals surface area contributed by atoms with Gasteiger partial charge in [-0.3, -0.25) is 9.59 Å². The van der Waals surface area contributed by atoms with Gasteiger partial charge in [0.1, 0.15) is 24.2 Å². The van der Waals surface area contributed by atoms with Gasteiger partial charge in [-0.2, -0.15) is 5.26 Å². The van der Waals surface area contributed by atoms with Crippen molar-refractivity contribution in [2.75, 3.05) is 6.54 Å². The molecule has 0 radical (unpaired) electrons. The summed E-state index contributed by atoms with van der Waals surface area (Å²) in [6.45, 7) is 11.6. The van der Waals surface area contributed by atoms with Gasteiger partial charge in [-0.15, -0.1) is 6.42 Å². The first kappa shape index (κ1) is 26.5. The van der Waals surface area contributed by atoms with Crippen LogP contribution in [0.1, 0.15) is 65.6 Å². The van der Waals surface area contributed by atoms with Crippen molar-refractivity contribution in [3.8, 4) is 18.4 Å². The molecule has 2 N–H and O–H groups in total. The summed E-state index contributed by atoms with van der Waals surface area (Å²) in [5.74, 6) is 1.44. The fourth-order valence-electron chi connectivity index (χ4n) is 2.84. The molecule has 0 aliphatic carbocycles. The Bertz CT molecular complexity index is 912. The fourth-order valence-corrected chi connectivity index (χ4v) is 2.84. The second-order valence-corrected chi connectivity index (χ2v) is 9.40. The van der Waals surface area contributed by atoms with Gasteiger partial charge in [-0.05, 0) is 66.2 Å². The topological polar surface area (TPSA) is 112 Å². The average Bonchev–Trinajstić information content (AvgIpc) is 2.64. The van der Waals surface area contributed by atoms with Gasteiger partial charge in [0.05, 0.1) is 6.07 Å². The van der Waals surface area contributed by atoms with E-state index in [0.717, 1.165) is 4.90 Å². The number of nitriles is 1. The number of rotatable bonds is 6. The summed E-state index contributed by atoms with van der Waals surface area (Å²) < 4.78 is 5.20. The molecule has 0 saturated carbocycles. The lowest BCUT2D eigenvalue weighted by Gasteiger charge is -2.34. The second-order valence-electron chi connectivity index (χ2n) is 9.40. The summed E-state index contributed by atoms with van der Waals surface area (Å²) >= 11 is 0. The zero-order valence-corrected chi connectivity index (χ0v) is 19.8. The van der Waals surface area contributed by atoms with Crippen LogP contribution in [0.4, 0.5) is 4.79 Å². The van der Waals surface area contributed by atoms with E-state index >= 15 is 0 Å². The van der Waals surface area contributed by atoms with E-state index < -0.39 is 41.1 Å². The Kier molecular flexibility index (Phi) is 8.85. The molecule has 0 heterocycles. The molecular formula is C24H32N4O4. The summed E-state index contributed by atoms with van der Waals surface area (Å²) in [7, 11) is 0. The van der Waals surface area contributed by atoms with Crippen LogP contribution in [0, 0.1) is 23.7 Å². The zero-order chi connectivity index (χ0) is 24.7. The van der Waals surface area contributed by atoms with Crippen molar-refractivity contribution in [2.45, 2.75) is 71.7 Å². The molecular weight excluding hydrogens is 408 g/mol. The van der Waals surface area contributed by atoms with E-state index in [4.69, 9.17) is 11.2 Å². The minimum atomic E-state index is -1.10. The first-order valence-corrected chi connectivity index (χ1v) is 10.2. The Labute approximate surface area is 190 Å². The Morgan fingerprint density at radius 1 is 1.12 bits per heavy atom. The number of benzene rings is 1. The van der Waals surface area contributed by atoms with Crippen LogP contribution in [-0.4, -0.2) is 46.5 Å². The van der Waals surface area contributed by atoms with E-state index in [9.17, 15) is 19.6 Å². The fraction of sp³-hybridized carbons (Fsp3) is 0.500. The van der Waals surface area contributed by atoms with Crippen molar-refractivity contribution >= 4 is 17.9 Å². The van der Waals surface area contributed by atoms with Crippen LogP contribution < -0.4 is 10.6 Å².